The maximum atomic E-state index is 5.60. The Morgan fingerprint density at radius 1 is 0.224 bits per heavy atom. The Bertz CT molecular complexity index is 1470. The van der Waals surface area contributed by atoms with E-state index in [1.165, 1.54) is 11.1 Å². The molecular weight excluding hydrogens is 1400 g/mol. The maximum Gasteiger partial charge on any atom is 0.196 e. The highest BCUT2D eigenvalue weighted by atomic mass is 16.7. The van der Waals surface area contributed by atoms with Crippen LogP contribution in [0.5, 0.6) is 5.75 Å². The van der Waals surface area contributed by atoms with Gasteiger partial charge in [0.05, 0.1) is 0 Å². The average Bonchev–Trinajstić information content (AvgIpc) is 3.12. The second-order valence-electron chi connectivity index (χ2n) is 43.7. The van der Waals surface area contributed by atoms with Crippen LogP contribution < -0.4 is 4.74 Å². The van der Waals surface area contributed by atoms with Crippen LogP contribution in [0.2, 0.25) is 0 Å². The predicted molar refractivity (Wildman–Crippen MR) is 611 cm³/mol. The number of allylic oxidation sites excluding steroid dienone is 2. The van der Waals surface area contributed by atoms with Gasteiger partial charge >= 0.3 is 0 Å². The van der Waals surface area contributed by atoms with Gasteiger partial charge in [0.15, 0.2) is 6.29 Å². The van der Waals surface area contributed by atoms with Crippen LogP contribution in [-0.2, 0) is 15.6 Å². The van der Waals surface area contributed by atoms with Gasteiger partial charge in [0.2, 0.25) is 0 Å². The molecule has 0 aliphatic rings. The van der Waals surface area contributed by atoms with Gasteiger partial charge < -0.3 is 9.47 Å². The van der Waals surface area contributed by atoms with E-state index in [-0.39, 0.29) is 220 Å². The molecule has 2 aromatic rings. The van der Waals surface area contributed by atoms with Crippen molar-refractivity contribution >= 4 is 0 Å². The highest BCUT2D eigenvalue weighted by molar-refractivity contribution is 5.31. The Morgan fingerprint density at radius 2 is 0.336 bits per heavy atom. The lowest BCUT2D eigenvalue weighted by Crippen LogP contribution is -2.16. The number of rotatable bonds is 4. The molecule has 0 aliphatic carbocycles. The Hall–Kier alpha value is -2.32. The molecule has 1 unspecified atom stereocenters. The van der Waals surface area contributed by atoms with Crippen LogP contribution in [-0.4, -0.2) is 12.9 Å². The highest BCUT2D eigenvalue weighted by Gasteiger charge is 2.14. The summed E-state index contributed by atoms with van der Waals surface area (Å²) in [5.41, 5.74) is 8.80. The number of ether oxygens (including phenoxy) is 2. The fourth-order valence-electron chi connectivity index (χ4n) is 2.43. The van der Waals surface area contributed by atoms with Gasteiger partial charge in [0.1, 0.15) is 5.75 Å². The van der Waals surface area contributed by atoms with E-state index in [2.05, 4.69) is 416 Å². The molecule has 0 bridgehead atoms. The van der Waals surface area contributed by atoms with Gasteiger partial charge in [-0.1, -0.05) is 623 Å². The first-order valence-corrected chi connectivity index (χ1v) is 33.9. The highest BCUT2D eigenvalue weighted by Crippen LogP contribution is 2.25. The van der Waals surface area contributed by atoms with Crippen molar-refractivity contribution in [2.45, 2.75) is 599 Å². The largest absolute Gasteiger partial charge is 0.465 e. The quantitative estimate of drug-likeness (QED) is 0.224. The van der Waals surface area contributed by atoms with Crippen molar-refractivity contribution in [1.29, 1.82) is 0 Å². The van der Waals surface area contributed by atoms with E-state index >= 15 is 0 Å². The van der Waals surface area contributed by atoms with Gasteiger partial charge in [0.25, 0.3) is 0 Å². The number of hydrogen-bond donors (Lipinski definition) is 0. The molecule has 0 saturated heterocycles. The zero-order chi connectivity index (χ0) is 75.2. The molecule has 0 aromatic heterocycles. The lowest BCUT2D eigenvalue weighted by molar-refractivity contribution is -0.0613. The molecule has 0 spiro atoms. The summed E-state index contributed by atoms with van der Waals surface area (Å²) >= 11 is 0. The smallest absolute Gasteiger partial charge is 0.196 e. The Kier molecular flexibility index (Phi) is 278. The summed E-state index contributed by atoms with van der Waals surface area (Å²) in [7, 11) is 0. The zero-order valence-corrected chi connectivity index (χ0v) is 72.4. The molecule has 2 heteroatoms. The Morgan fingerprint density at radius 3 is 0.422 bits per heavy atom. The second kappa shape index (κ2) is 121. The SMILES string of the molecule is C.C.C.C.C.C.C.C.C.C.C.C.C.C.C.C.C.C.C.C.C.C.C.C.C.C.C.C.C=CC(C)(C)C.C=CC(C)(C)C.CC(C)(C)C.CC(C)(C)C.CC(C)(C)C.CC(C)(C)C.CC(C)(C)C.CC(C)(C)C.CC(C)(C)C.CC(C)(C)C.CC(C)(C)C.CC(C)(C)C.CC(C)(C)c1ccccc1.CCOC(C)Oc1ccc(C(C)(C)C)cc1. The minimum absolute atomic E-state index is 0. The lowest BCUT2D eigenvalue weighted by Gasteiger charge is -2.20. The monoisotopic (exact) mass is 1690 g/mol. The first-order valence-electron chi connectivity index (χ1n) is 33.9. The van der Waals surface area contributed by atoms with Gasteiger partial charge in [-0.2, -0.15) is 0 Å². The first-order chi connectivity index (χ1) is 37.2. The Labute approximate surface area is 772 Å². The van der Waals surface area contributed by atoms with E-state index in [0.717, 1.165) is 5.75 Å². The van der Waals surface area contributed by atoms with Crippen LogP contribution in [0.1, 0.15) is 593 Å². The standard InChI is InChI=1S/C14H22O2.C10H14.2C6H12.10C5H12.28CH4/c1-6-15-11(2)16-13-9-7-12(8-10-13)14(3,4)5;1-10(2,3)9-7-5-4-6-8-9;2*1-5-6(2,3)4;10*1-5(2,3)4;;;;;;;;;;;;;;;;;;;;;;;;;;;;/h7-11H,6H2,1-5H3;4-8H,1-3H3;2*5H,1H2,2-4H3;10*1-4H3;28*1H4. The fourth-order valence-corrected chi connectivity index (χ4v) is 2.43. The van der Waals surface area contributed by atoms with Gasteiger partial charge in [-0.15, -0.1) is 13.2 Å². The summed E-state index contributed by atoms with van der Waals surface area (Å²) in [4.78, 5) is 0. The van der Waals surface area contributed by atoms with Crippen molar-refractivity contribution in [2.24, 2.45) is 65.0 Å². The minimum atomic E-state index is -0.189. The molecule has 116 heavy (non-hydrogen) atoms. The fraction of sp³-hybridized carbons (Fsp3) is 0.860. The van der Waals surface area contributed by atoms with Gasteiger partial charge in [-0.25, -0.2) is 0 Å². The van der Waals surface area contributed by atoms with Crippen LogP contribution in [0.4, 0.5) is 0 Å². The maximum absolute atomic E-state index is 5.60. The van der Waals surface area contributed by atoms with Crippen molar-refractivity contribution in [3.63, 3.8) is 0 Å². The van der Waals surface area contributed by atoms with Crippen LogP contribution in [0, 0.1) is 65.0 Å². The molecular formula is C114H292O2. The summed E-state index contributed by atoms with van der Waals surface area (Å²) in [5.74, 6) is 0.856. The van der Waals surface area contributed by atoms with Crippen LogP contribution >= 0.6 is 0 Å². The molecule has 2 rings (SSSR count). The topological polar surface area (TPSA) is 18.5 Å². The van der Waals surface area contributed by atoms with Crippen LogP contribution in [0.25, 0.3) is 0 Å². The number of benzene rings is 2. The van der Waals surface area contributed by atoms with E-state index in [1.807, 2.05) is 38.1 Å². The molecule has 0 heterocycles. The third kappa shape index (κ3) is 827. The van der Waals surface area contributed by atoms with E-state index in [4.69, 9.17) is 9.47 Å². The molecule has 0 N–H and O–H groups in total. The van der Waals surface area contributed by atoms with Crippen LogP contribution in [0.15, 0.2) is 79.9 Å². The predicted octanol–water partition coefficient (Wildman–Crippen LogP) is 49.5. The van der Waals surface area contributed by atoms with Crippen molar-refractivity contribution in [2.75, 3.05) is 6.61 Å². The van der Waals surface area contributed by atoms with E-state index in [1.54, 1.807) is 0 Å². The summed E-state index contributed by atoms with van der Waals surface area (Å²) < 4.78 is 10.9. The van der Waals surface area contributed by atoms with Crippen molar-refractivity contribution in [3.8, 4) is 5.75 Å². The van der Waals surface area contributed by atoms with E-state index in [0.29, 0.717) is 77.0 Å². The van der Waals surface area contributed by atoms with Crippen LogP contribution in [0.3, 0.4) is 0 Å². The molecule has 1 atom stereocenters. The molecule has 0 radical (unpaired) electrons. The third-order valence-electron chi connectivity index (χ3n) is 5.29. The zero-order valence-electron chi connectivity index (χ0n) is 72.4. The van der Waals surface area contributed by atoms with E-state index < -0.39 is 0 Å². The Balaban J connectivity index is -0.0000000141. The molecule has 0 aliphatic heterocycles. The summed E-state index contributed by atoms with van der Waals surface area (Å²) in [6.07, 6.45) is 3.69. The summed E-state index contributed by atoms with van der Waals surface area (Å²) in [6, 6.07) is 18.8. The molecule has 2 aromatic carbocycles. The third-order valence-corrected chi connectivity index (χ3v) is 5.29. The molecule has 2 nitrogen and oxygen atoms in total. The molecule has 760 valence electrons. The molecule has 0 fully saturated rings. The normalized spacial score (nSPS) is 9.19. The lowest BCUT2D eigenvalue weighted by atomic mass is 9.87. The van der Waals surface area contributed by atoms with Crippen molar-refractivity contribution in [1.82, 2.24) is 0 Å². The molecule has 0 amide bonds. The summed E-state index contributed by atoms with van der Waals surface area (Å²) in [5, 5.41) is 0. The molecule has 0 saturated carbocycles. The summed E-state index contributed by atoms with van der Waals surface area (Å²) in [6.45, 7) is 125. The van der Waals surface area contributed by atoms with Crippen molar-refractivity contribution < 1.29 is 9.47 Å². The first kappa shape index (κ1) is 266. The number of hydrogen-bond acceptors (Lipinski definition) is 2. The van der Waals surface area contributed by atoms with Crippen molar-refractivity contribution in [3.05, 3.63) is 91.0 Å². The van der Waals surface area contributed by atoms with Gasteiger partial charge in [-0.05, 0) is 113 Å². The minimum Gasteiger partial charge on any atom is -0.465 e. The average molecular weight is 1700 g/mol. The van der Waals surface area contributed by atoms with Gasteiger partial charge in [0, 0.05) is 6.61 Å². The van der Waals surface area contributed by atoms with Gasteiger partial charge in [-0.3, -0.25) is 0 Å². The van der Waals surface area contributed by atoms with E-state index in [9.17, 15) is 0 Å². The second-order valence-corrected chi connectivity index (χ2v) is 43.7.